The molecule has 37 heavy (non-hydrogen) atoms. The van der Waals surface area contributed by atoms with Crippen molar-refractivity contribution in [2.45, 2.75) is 11.4 Å². The fraction of sp³-hybridized carbons (Fsp3) is 0.0435. The van der Waals surface area contributed by atoms with Gasteiger partial charge in [0.2, 0.25) is 0 Å². The number of rotatable bonds is 8. The number of non-ortho nitro benzene ring substituents is 2. The van der Waals surface area contributed by atoms with Gasteiger partial charge in [-0.15, -0.1) is 0 Å². The molecule has 4 rings (SSSR count). The number of nitro groups is 2. The van der Waals surface area contributed by atoms with Crippen molar-refractivity contribution in [3.63, 3.8) is 0 Å². The first-order chi connectivity index (χ1) is 17.5. The summed E-state index contributed by atoms with van der Waals surface area (Å²) in [6.45, 7) is -0.0533. The Balaban J connectivity index is 1.45. The van der Waals surface area contributed by atoms with Crippen LogP contribution in [0.25, 0.3) is 6.08 Å². The lowest BCUT2D eigenvalue weighted by molar-refractivity contribution is -0.385. The third-order valence-corrected chi connectivity index (χ3v) is 7.21. The van der Waals surface area contributed by atoms with E-state index >= 15 is 0 Å². The molecule has 0 spiro atoms. The quantitative estimate of drug-likeness (QED) is 0.171. The summed E-state index contributed by atoms with van der Waals surface area (Å²) in [6, 6.07) is 15.6. The normalized spacial score (nSPS) is 14.7. The minimum Gasteiger partial charge on any atom is -0.379 e. The molecule has 1 aliphatic heterocycles. The number of amides is 2. The Morgan fingerprint density at radius 3 is 2.16 bits per heavy atom. The van der Waals surface area contributed by atoms with E-state index in [1.165, 1.54) is 66.7 Å². The largest absolute Gasteiger partial charge is 0.379 e. The van der Waals surface area contributed by atoms with Crippen molar-refractivity contribution in [1.82, 2.24) is 4.90 Å². The predicted octanol–water partition coefficient (Wildman–Crippen LogP) is 4.51. The molecule has 0 N–H and O–H groups in total. The Labute approximate surface area is 213 Å². The van der Waals surface area contributed by atoms with Crippen LogP contribution in [-0.2, 0) is 21.5 Å². The number of carbonyl (C=O) groups excluding carboxylic acids is 2. The van der Waals surface area contributed by atoms with Crippen molar-refractivity contribution in [2.75, 3.05) is 0 Å². The molecule has 188 valence electrons. The van der Waals surface area contributed by atoms with Gasteiger partial charge in [0.1, 0.15) is 10.6 Å². The maximum absolute atomic E-state index is 12.7. The van der Waals surface area contributed by atoms with Gasteiger partial charge in [-0.25, -0.2) is 0 Å². The van der Waals surface area contributed by atoms with Crippen LogP contribution in [0.1, 0.15) is 11.1 Å². The highest BCUT2D eigenvalue weighted by Gasteiger charge is 2.35. The second kappa shape index (κ2) is 10.2. The minimum absolute atomic E-state index is 0.0533. The number of imide groups is 1. The van der Waals surface area contributed by atoms with Gasteiger partial charge in [-0.1, -0.05) is 30.3 Å². The fourth-order valence-electron chi connectivity index (χ4n) is 3.24. The van der Waals surface area contributed by atoms with Crippen LogP contribution in [0.15, 0.2) is 82.6 Å². The topological polar surface area (TPSA) is 167 Å². The SMILES string of the molecule is O=C1S/C(=C\c2ccc(OS(=O)(=O)c3cccc([N+](=O)[O-])c3)cc2)C(=O)N1Cc1ccc([N+](=O)[O-])cc1. The molecule has 0 atom stereocenters. The number of carbonyl (C=O) groups is 2. The molecule has 0 aliphatic carbocycles. The lowest BCUT2D eigenvalue weighted by Crippen LogP contribution is -2.27. The van der Waals surface area contributed by atoms with Gasteiger partial charge >= 0.3 is 10.1 Å². The molecule has 1 saturated heterocycles. The lowest BCUT2D eigenvalue weighted by Gasteiger charge is -2.12. The summed E-state index contributed by atoms with van der Waals surface area (Å²) >= 11 is 0.727. The number of thioether (sulfide) groups is 1. The third kappa shape index (κ3) is 5.82. The number of nitro benzene ring substituents is 2. The van der Waals surface area contributed by atoms with Crippen LogP contribution in [-0.4, -0.2) is 34.3 Å². The van der Waals surface area contributed by atoms with Gasteiger partial charge in [-0.05, 0) is 47.2 Å². The molecule has 1 fully saturated rings. The van der Waals surface area contributed by atoms with Crippen LogP contribution in [0.5, 0.6) is 5.75 Å². The van der Waals surface area contributed by atoms with E-state index in [2.05, 4.69) is 0 Å². The Hall–Kier alpha value is -4.56. The van der Waals surface area contributed by atoms with Crippen molar-refractivity contribution < 1.29 is 32.0 Å². The molecule has 0 saturated carbocycles. The Kier molecular flexibility index (Phi) is 7.04. The van der Waals surface area contributed by atoms with E-state index in [9.17, 15) is 38.2 Å². The molecule has 0 bridgehead atoms. The van der Waals surface area contributed by atoms with E-state index in [0.29, 0.717) is 11.1 Å². The van der Waals surface area contributed by atoms with Gasteiger partial charge in [0.15, 0.2) is 0 Å². The zero-order valence-corrected chi connectivity index (χ0v) is 20.2. The maximum Gasteiger partial charge on any atom is 0.339 e. The summed E-state index contributed by atoms with van der Waals surface area (Å²) in [6.07, 6.45) is 1.46. The highest BCUT2D eigenvalue weighted by Crippen LogP contribution is 2.34. The predicted molar refractivity (Wildman–Crippen MR) is 132 cm³/mol. The van der Waals surface area contributed by atoms with E-state index in [1.807, 2.05) is 0 Å². The minimum atomic E-state index is -4.33. The van der Waals surface area contributed by atoms with Gasteiger partial charge in [-0.3, -0.25) is 34.7 Å². The zero-order chi connectivity index (χ0) is 26.7. The molecule has 1 heterocycles. The second-order valence-corrected chi connectivity index (χ2v) is 10.1. The van der Waals surface area contributed by atoms with Gasteiger partial charge in [0, 0.05) is 24.3 Å². The smallest absolute Gasteiger partial charge is 0.339 e. The average Bonchev–Trinajstić information content (AvgIpc) is 3.12. The Morgan fingerprint density at radius 2 is 1.54 bits per heavy atom. The summed E-state index contributed by atoms with van der Waals surface area (Å²) in [5.41, 5.74) is 0.521. The van der Waals surface area contributed by atoms with E-state index in [1.54, 1.807) is 0 Å². The third-order valence-electron chi connectivity index (χ3n) is 5.06. The summed E-state index contributed by atoms with van der Waals surface area (Å²) < 4.78 is 30.0. The fourth-order valence-corrected chi connectivity index (χ4v) is 5.05. The van der Waals surface area contributed by atoms with Crippen molar-refractivity contribution in [2.24, 2.45) is 0 Å². The van der Waals surface area contributed by atoms with Crippen LogP contribution < -0.4 is 4.18 Å². The molecule has 0 aromatic heterocycles. The Bertz CT molecular complexity index is 1550. The molecule has 14 heteroatoms. The van der Waals surface area contributed by atoms with E-state index < -0.39 is 36.8 Å². The van der Waals surface area contributed by atoms with Crippen LogP contribution in [0.2, 0.25) is 0 Å². The molecule has 3 aromatic carbocycles. The molecule has 3 aromatic rings. The van der Waals surface area contributed by atoms with Gasteiger partial charge in [0.05, 0.1) is 21.3 Å². The molecule has 0 radical (unpaired) electrons. The molecule has 2 amide bonds. The Morgan fingerprint density at radius 1 is 0.892 bits per heavy atom. The highest BCUT2D eigenvalue weighted by molar-refractivity contribution is 8.18. The average molecular weight is 542 g/mol. The van der Waals surface area contributed by atoms with Crippen molar-refractivity contribution in [1.29, 1.82) is 0 Å². The number of nitrogens with zero attached hydrogens (tertiary/aromatic N) is 3. The number of hydrogen-bond acceptors (Lipinski definition) is 10. The first kappa shape index (κ1) is 25.5. The summed E-state index contributed by atoms with van der Waals surface area (Å²) in [5.74, 6) is -0.600. The summed E-state index contributed by atoms with van der Waals surface area (Å²) in [4.78, 5) is 46.3. The number of hydrogen-bond donors (Lipinski definition) is 0. The second-order valence-electron chi connectivity index (χ2n) is 7.55. The first-order valence-electron chi connectivity index (χ1n) is 10.3. The van der Waals surface area contributed by atoms with Crippen LogP contribution in [0.3, 0.4) is 0 Å². The summed E-state index contributed by atoms with van der Waals surface area (Å²) in [5, 5.41) is 21.2. The van der Waals surface area contributed by atoms with Crippen LogP contribution >= 0.6 is 11.8 Å². The van der Waals surface area contributed by atoms with E-state index in [4.69, 9.17) is 4.18 Å². The van der Waals surface area contributed by atoms with E-state index in [0.717, 1.165) is 28.8 Å². The monoisotopic (exact) mass is 541 g/mol. The summed E-state index contributed by atoms with van der Waals surface area (Å²) in [7, 11) is -4.33. The van der Waals surface area contributed by atoms with Gasteiger partial charge in [0.25, 0.3) is 22.5 Å². The van der Waals surface area contributed by atoms with Crippen molar-refractivity contribution in [3.8, 4) is 5.75 Å². The molecule has 1 aliphatic rings. The van der Waals surface area contributed by atoms with Crippen molar-refractivity contribution >= 4 is 50.5 Å². The van der Waals surface area contributed by atoms with Crippen LogP contribution in [0, 0.1) is 20.2 Å². The lowest BCUT2D eigenvalue weighted by atomic mass is 10.2. The zero-order valence-electron chi connectivity index (χ0n) is 18.5. The van der Waals surface area contributed by atoms with Gasteiger partial charge in [-0.2, -0.15) is 8.42 Å². The van der Waals surface area contributed by atoms with Crippen molar-refractivity contribution in [3.05, 3.63) is 109 Å². The highest BCUT2D eigenvalue weighted by atomic mass is 32.2. The first-order valence-corrected chi connectivity index (χ1v) is 12.5. The molecule has 0 unspecified atom stereocenters. The van der Waals surface area contributed by atoms with E-state index in [-0.39, 0.29) is 27.8 Å². The number of benzene rings is 3. The maximum atomic E-state index is 12.7. The van der Waals surface area contributed by atoms with Crippen LogP contribution in [0.4, 0.5) is 16.2 Å². The van der Waals surface area contributed by atoms with Gasteiger partial charge < -0.3 is 4.18 Å². The molecular formula is C23H15N3O9S2. The standard InChI is InChI=1S/C23H15N3O9S2/c27-22-21(36-23(28)24(22)14-16-4-8-17(9-5-16)25(29)30)12-15-6-10-19(11-7-15)35-37(33,34)20-3-1-2-18(13-20)26(31)32/h1-13H,14H2/b21-12-. The molecule has 12 nitrogen and oxygen atoms in total. The molecular weight excluding hydrogens is 526 g/mol.